The molecule has 0 saturated heterocycles. The van der Waals surface area contributed by atoms with Gasteiger partial charge in [-0.15, -0.1) is 0 Å². The second kappa shape index (κ2) is 5.46. The van der Waals surface area contributed by atoms with E-state index in [2.05, 4.69) is 6.92 Å². The van der Waals surface area contributed by atoms with Gasteiger partial charge in [0.05, 0.1) is 0 Å². The summed E-state index contributed by atoms with van der Waals surface area (Å²) in [6.45, 7) is 4.49. The molecule has 0 fully saturated rings. The lowest BCUT2D eigenvalue weighted by molar-refractivity contribution is 0.00518. The molecule has 1 nitrogen and oxygen atoms in total. The van der Waals surface area contributed by atoms with Gasteiger partial charge in [-0.25, -0.2) is 8.78 Å². The summed E-state index contributed by atoms with van der Waals surface area (Å²) in [5, 5.41) is 0. The van der Waals surface area contributed by atoms with Crippen molar-refractivity contribution in [3.63, 3.8) is 0 Å². The number of halogens is 2. The number of hydrogen-bond donors (Lipinski definition) is 0. The fraction of sp³-hybridized carbons (Fsp3) is 1.00. The molecule has 0 heterocycles. The summed E-state index contributed by atoms with van der Waals surface area (Å²) in [7, 11) is 1.89. The Labute approximate surface area is 73.7 Å². The lowest BCUT2D eigenvalue weighted by Crippen LogP contribution is -2.25. The SMILES string of the molecule is CCCCN(C)CCC(C)(F)F. The fourth-order valence-electron chi connectivity index (χ4n) is 0.927. The van der Waals surface area contributed by atoms with Crippen molar-refractivity contribution in [1.82, 2.24) is 4.90 Å². The summed E-state index contributed by atoms with van der Waals surface area (Å²) in [6.07, 6.45) is 2.17. The zero-order valence-electron chi connectivity index (χ0n) is 8.24. The predicted molar refractivity (Wildman–Crippen MR) is 47.6 cm³/mol. The van der Waals surface area contributed by atoms with E-state index in [1.54, 1.807) is 0 Å². The molecular weight excluding hydrogens is 160 g/mol. The Balaban J connectivity index is 3.37. The van der Waals surface area contributed by atoms with Crippen LogP contribution in [0, 0.1) is 0 Å². The highest BCUT2D eigenvalue weighted by Crippen LogP contribution is 2.16. The van der Waals surface area contributed by atoms with Gasteiger partial charge in [0, 0.05) is 13.0 Å². The predicted octanol–water partition coefficient (Wildman–Crippen LogP) is 2.76. The van der Waals surface area contributed by atoms with Gasteiger partial charge < -0.3 is 4.90 Å². The van der Waals surface area contributed by atoms with Crippen LogP contribution in [0.5, 0.6) is 0 Å². The van der Waals surface area contributed by atoms with E-state index in [-0.39, 0.29) is 6.42 Å². The first-order chi connectivity index (χ1) is 5.45. The van der Waals surface area contributed by atoms with Crippen molar-refractivity contribution in [1.29, 1.82) is 0 Å². The van der Waals surface area contributed by atoms with Gasteiger partial charge in [0.15, 0.2) is 0 Å². The molecule has 0 aromatic rings. The monoisotopic (exact) mass is 179 g/mol. The number of rotatable bonds is 6. The largest absolute Gasteiger partial charge is 0.306 e. The van der Waals surface area contributed by atoms with Crippen LogP contribution in [0.2, 0.25) is 0 Å². The van der Waals surface area contributed by atoms with Crippen LogP contribution < -0.4 is 0 Å². The lowest BCUT2D eigenvalue weighted by atomic mass is 10.2. The average molecular weight is 179 g/mol. The van der Waals surface area contributed by atoms with Crippen molar-refractivity contribution in [3.8, 4) is 0 Å². The third-order valence-corrected chi connectivity index (χ3v) is 1.83. The summed E-state index contributed by atoms with van der Waals surface area (Å²) in [5.41, 5.74) is 0. The molecule has 0 rings (SSSR count). The highest BCUT2D eigenvalue weighted by Gasteiger charge is 2.20. The first-order valence-corrected chi connectivity index (χ1v) is 4.52. The molecule has 0 aliphatic rings. The second-order valence-electron chi connectivity index (χ2n) is 3.48. The minimum atomic E-state index is -2.51. The van der Waals surface area contributed by atoms with Crippen LogP contribution in [0.1, 0.15) is 33.1 Å². The Morgan fingerprint density at radius 1 is 1.25 bits per heavy atom. The first kappa shape index (κ1) is 11.8. The maximum absolute atomic E-state index is 12.4. The van der Waals surface area contributed by atoms with Crippen LogP contribution in [0.15, 0.2) is 0 Å². The number of unbranched alkanes of at least 4 members (excludes halogenated alkanes) is 1. The minimum absolute atomic E-state index is 0.0345. The Hall–Kier alpha value is -0.180. The van der Waals surface area contributed by atoms with Crippen LogP contribution >= 0.6 is 0 Å². The standard InChI is InChI=1S/C9H19F2N/c1-4-5-7-12(3)8-6-9(2,10)11/h4-8H2,1-3H3. The number of alkyl halides is 2. The van der Waals surface area contributed by atoms with Crippen molar-refractivity contribution in [2.45, 2.75) is 39.0 Å². The minimum Gasteiger partial charge on any atom is -0.306 e. The maximum atomic E-state index is 12.4. The van der Waals surface area contributed by atoms with Crippen LogP contribution in [0.25, 0.3) is 0 Å². The van der Waals surface area contributed by atoms with Gasteiger partial charge in [-0.3, -0.25) is 0 Å². The zero-order valence-corrected chi connectivity index (χ0v) is 8.24. The van der Waals surface area contributed by atoms with Crippen molar-refractivity contribution in [3.05, 3.63) is 0 Å². The summed E-state index contributed by atoms with van der Waals surface area (Å²) in [4.78, 5) is 1.96. The van der Waals surface area contributed by atoms with Crippen molar-refractivity contribution in [2.75, 3.05) is 20.1 Å². The third kappa shape index (κ3) is 7.92. The molecule has 0 aliphatic heterocycles. The molecule has 0 unspecified atom stereocenters. The topological polar surface area (TPSA) is 3.24 Å². The number of hydrogen-bond acceptors (Lipinski definition) is 1. The quantitative estimate of drug-likeness (QED) is 0.606. The highest BCUT2D eigenvalue weighted by atomic mass is 19.3. The van der Waals surface area contributed by atoms with E-state index < -0.39 is 5.92 Å². The fourth-order valence-corrected chi connectivity index (χ4v) is 0.927. The molecular formula is C9H19F2N. The Kier molecular flexibility index (Phi) is 5.38. The normalized spacial score (nSPS) is 12.5. The van der Waals surface area contributed by atoms with Gasteiger partial charge in [0.2, 0.25) is 5.92 Å². The van der Waals surface area contributed by atoms with Gasteiger partial charge in [0.1, 0.15) is 0 Å². The average Bonchev–Trinajstić information content (AvgIpc) is 1.95. The smallest absolute Gasteiger partial charge is 0.246 e. The summed E-state index contributed by atoms with van der Waals surface area (Å²) in [6, 6.07) is 0. The lowest BCUT2D eigenvalue weighted by Gasteiger charge is -2.18. The van der Waals surface area contributed by atoms with Crippen LogP contribution in [0.3, 0.4) is 0 Å². The summed E-state index contributed by atoms with van der Waals surface area (Å²) in [5.74, 6) is -2.51. The van der Waals surface area contributed by atoms with Gasteiger partial charge in [0.25, 0.3) is 0 Å². The second-order valence-corrected chi connectivity index (χ2v) is 3.48. The molecule has 0 aromatic heterocycles. The van der Waals surface area contributed by atoms with Gasteiger partial charge in [-0.1, -0.05) is 13.3 Å². The van der Waals surface area contributed by atoms with Crippen molar-refractivity contribution >= 4 is 0 Å². The van der Waals surface area contributed by atoms with Crippen molar-refractivity contribution < 1.29 is 8.78 Å². The Morgan fingerprint density at radius 3 is 2.25 bits per heavy atom. The van der Waals surface area contributed by atoms with Crippen molar-refractivity contribution in [2.24, 2.45) is 0 Å². The molecule has 12 heavy (non-hydrogen) atoms. The van der Waals surface area contributed by atoms with E-state index >= 15 is 0 Å². The molecule has 0 spiro atoms. The zero-order chi connectivity index (χ0) is 9.61. The van der Waals surface area contributed by atoms with Gasteiger partial charge >= 0.3 is 0 Å². The molecule has 0 bridgehead atoms. The van der Waals surface area contributed by atoms with Gasteiger partial charge in [-0.05, 0) is 26.9 Å². The molecule has 0 aromatic carbocycles. The maximum Gasteiger partial charge on any atom is 0.246 e. The molecule has 0 atom stereocenters. The van der Waals surface area contributed by atoms with E-state index in [9.17, 15) is 8.78 Å². The molecule has 0 aliphatic carbocycles. The summed E-state index contributed by atoms with van der Waals surface area (Å²) >= 11 is 0. The molecule has 0 N–H and O–H groups in total. The van der Waals surface area contributed by atoms with Crippen LogP contribution in [-0.2, 0) is 0 Å². The molecule has 74 valence electrons. The Bertz CT molecular complexity index is 110. The van der Waals surface area contributed by atoms with E-state index in [4.69, 9.17) is 0 Å². The summed E-state index contributed by atoms with van der Waals surface area (Å²) < 4.78 is 24.8. The van der Waals surface area contributed by atoms with Crippen LogP contribution in [-0.4, -0.2) is 31.0 Å². The van der Waals surface area contributed by atoms with E-state index in [1.807, 2.05) is 11.9 Å². The molecule has 3 heteroatoms. The highest BCUT2D eigenvalue weighted by molar-refractivity contribution is 4.61. The van der Waals surface area contributed by atoms with E-state index in [1.165, 1.54) is 0 Å². The molecule has 0 radical (unpaired) electrons. The third-order valence-electron chi connectivity index (χ3n) is 1.83. The van der Waals surface area contributed by atoms with Crippen LogP contribution in [0.4, 0.5) is 8.78 Å². The molecule has 0 amide bonds. The Morgan fingerprint density at radius 2 is 1.83 bits per heavy atom. The molecule has 0 saturated carbocycles. The number of nitrogens with zero attached hydrogens (tertiary/aromatic N) is 1. The van der Waals surface area contributed by atoms with Gasteiger partial charge in [-0.2, -0.15) is 0 Å². The van der Waals surface area contributed by atoms with E-state index in [0.717, 1.165) is 26.3 Å². The van der Waals surface area contributed by atoms with E-state index in [0.29, 0.717) is 6.54 Å². The first-order valence-electron chi connectivity index (χ1n) is 4.52.